The van der Waals surface area contributed by atoms with E-state index in [2.05, 4.69) is 91.2 Å². The van der Waals surface area contributed by atoms with Crippen molar-refractivity contribution in [1.29, 1.82) is 0 Å². The molecule has 0 bridgehead atoms. The lowest BCUT2D eigenvalue weighted by Crippen LogP contribution is -2.03. The number of benzene rings is 6. The Morgan fingerprint density at radius 3 is 1.91 bits per heavy atom. The van der Waals surface area contributed by atoms with E-state index in [0.29, 0.717) is 5.56 Å². The van der Waals surface area contributed by atoms with Crippen molar-refractivity contribution >= 4 is 33.0 Å². The highest BCUT2D eigenvalue weighted by Gasteiger charge is 2.19. The van der Waals surface area contributed by atoms with E-state index in [1.54, 1.807) is 12.1 Å². The molecule has 0 unspecified atom stereocenters. The van der Waals surface area contributed by atoms with E-state index in [0.717, 1.165) is 61.2 Å². The topological polar surface area (TPSA) is 31.0 Å². The summed E-state index contributed by atoms with van der Waals surface area (Å²) in [6.07, 6.45) is 0. The highest BCUT2D eigenvalue weighted by molar-refractivity contribution is 6.07. The average Bonchev–Trinajstić information content (AvgIpc) is 3.62. The molecule has 0 spiro atoms. The van der Waals surface area contributed by atoms with E-state index >= 15 is 0 Å². The summed E-state index contributed by atoms with van der Waals surface area (Å²) in [4.78, 5) is 5.17. The van der Waals surface area contributed by atoms with Gasteiger partial charge in [-0.2, -0.15) is 0 Å². The van der Waals surface area contributed by atoms with Crippen LogP contribution in [-0.2, 0) is 0 Å². The van der Waals surface area contributed by atoms with Gasteiger partial charge in [-0.05, 0) is 109 Å². The normalized spacial score (nSPS) is 12.9. The van der Waals surface area contributed by atoms with Crippen LogP contribution in [0.3, 0.4) is 0 Å². The van der Waals surface area contributed by atoms with Crippen LogP contribution in [0.5, 0.6) is 0 Å². The Labute approximate surface area is 254 Å². The van der Waals surface area contributed by atoms with Gasteiger partial charge in [0.15, 0.2) is 0 Å². The molecule has 3 nitrogen and oxygen atoms in total. The predicted molar refractivity (Wildman–Crippen MR) is 179 cm³/mol. The van der Waals surface area contributed by atoms with Crippen molar-refractivity contribution in [2.75, 3.05) is 0 Å². The molecule has 0 saturated carbocycles. The Kier molecular flexibility index (Phi) is 5.09. The number of imidazole rings is 1. The smallest absolute Gasteiger partial charge is 0.145 e. The van der Waals surface area contributed by atoms with Crippen LogP contribution in [0.2, 0.25) is 0 Å². The zero-order chi connectivity index (χ0) is 31.6. The molecule has 2 heterocycles. The van der Waals surface area contributed by atoms with Crippen molar-refractivity contribution < 1.29 is 8.53 Å². The van der Waals surface area contributed by atoms with Gasteiger partial charge in [-0.15, -0.1) is 0 Å². The quantitative estimate of drug-likeness (QED) is 0.215. The Hall–Kier alpha value is -5.41. The molecule has 6 aromatic carbocycles. The Morgan fingerprint density at radius 1 is 0.581 bits per heavy atom. The van der Waals surface area contributed by atoms with Crippen LogP contribution in [-0.4, -0.2) is 9.55 Å². The van der Waals surface area contributed by atoms with Crippen molar-refractivity contribution in [2.45, 2.75) is 20.7 Å². The minimum absolute atomic E-state index is 0.332. The summed E-state index contributed by atoms with van der Waals surface area (Å²) in [5.41, 5.74) is 12.7. The lowest BCUT2D eigenvalue weighted by Gasteiger charge is -2.17. The highest BCUT2D eigenvalue weighted by atomic mass is 16.3. The first-order valence-corrected chi connectivity index (χ1v) is 14.5. The first kappa shape index (κ1) is 22.2. The van der Waals surface area contributed by atoms with Crippen LogP contribution in [0.4, 0.5) is 0 Å². The van der Waals surface area contributed by atoms with Gasteiger partial charge in [-0.1, -0.05) is 78.4 Å². The van der Waals surface area contributed by atoms with Gasteiger partial charge in [-0.3, -0.25) is 4.57 Å². The van der Waals surface area contributed by atoms with Crippen LogP contribution < -0.4 is 0 Å². The maximum Gasteiger partial charge on any atom is 0.145 e. The molecule has 0 aliphatic heterocycles. The lowest BCUT2D eigenvalue weighted by atomic mass is 9.98. The molecule has 8 rings (SSSR count). The molecule has 0 saturated heterocycles. The van der Waals surface area contributed by atoms with Gasteiger partial charge < -0.3 is 4.42 Å². The molecule has 0 amide bonds. The van der Waals surface area contributed by atoms with Gasteiger partial charge in [0.25, 0.3) is 0 Å². The molecule has 0 fully saturated rings. The zero-order valence-electron chi connectivity index (χ0n) is 26.9. The van der Waals surface area contributed by atoms with E-state index in [-0.39, 0.29) is 0 Å². The second kappa shape index (κ2) is 9.85. The summed E-state index contributed by atoms with van der Waals surface area (Å²) in [6, 6.07) is 42.8. The fourth-order valence-corrected chi connectivity index (χ4v) is 6.31. The standard InChI is InChI=1S/C40H30N2O/c1-25-13-15-29(16-14-25)30-17-19-37-33(23-30)34-24-31(18-20-38(34)43-37)40-41-35-11-7-8-12-36(35)42(40)39-26(2)21-32(22-27(39)3)28-9-5-4-6-10-28/h4-24H,1-3H3/i1D3. The molecule has 3 heteroatoms. The van der Waals surface area contributed by atoms with Crippen LogP contribution >= 0.6 is 0 Å². The van der Waals surface area contributed by atoms with Gasteiger partial charge in [-0.25, -0.2) is 4.98 Å². The van der Waals surface area contributed by atoms with E-state index in [4.69, 9.17) is 13.5 Å². The largest absolute Gasteiger partial charge is 0.456 e. The summed E-state index contributed by atoms with van der Waals surface area (Å²) in [6.45, 7) is 2.22. The summed E-state index contributed by atoms with van der Waals surface area (Å²) in [7, 11) is 0. The third kappa shape index (κ3) is 4.24. The van der Waals surface area contributed by atoms with E-state index in [9.17, 15) is 0 Å². The van der Waals surface area contributed by atoms with Crippen molar-refractivity contribution in [3.63, 3.8) is 0 Å². The number of aromatic nitrogens is 2. The van der Waals surface area contributed by atoms with Crippen LogP contribution in [0.25, 0.3) is 72.3 Å². The first-order valence-electron chi connectivity index (χ1n) is 16.0. The Morgan fingerprint density at radius 2 is 1.19 bits per heavy atom. The molecule has 8 aromatic rings. The number of hydrogen-bond donors (Lipinski definition) is 0. The van der Waals surface area contributed by atoms with E-state index in [1.165, 1.54) is 22.3 Å². The summed E-state index contributed by atoms with van der Waals surface area (Å²) >= 11 is 0. The molecule has 0 atom stereocenters. The molecule has 0 radical (unpaired) electrons. The van der Waals surface area contributed by atoms with Crippen molar-refractivity contribution in [3.8, 4) is 39.3 Å². The van der Waals surface area contributed by atoms with Gasteiger partial charge >= 0.3 is 0 Å². The maximum atomic E-state index is 7.70. The molecule has 0 N–H and O–H groups in total. The maximum absolute atomic E-state index is 7.70. The lowest BCUT2D eigenvalue weighted by molar-refractivity contribution is 0.669. The van der Waals surface area contributed by atoms with Gasteiger partial charge in [0.05, 0.1) is 16.7 Å². The fourth-order valence-electron chi connectivity index (χ4n) is 6.31. The molecule has 43 heavy (non-hydrogen) atoms. The third-order valence-electron chi connectivity index (χ3n) is 8.33. The first-order chi connectivity index (χ1) is 22.2. The third-order valence-corrected chi connectivity index (χ3v) is 8.33. The van der Waals surface area contributed by atoms with E-state index < -0.39 is 6.85 Å². The van der Waals surface area contributed by atoms with Crippen molar-refractivity contribution in [2.24, 2.45) is 0 Å². The highest BCUT2D eigenvalue weighted by Crippen LogP contribution is 2.38. The zero-order valence-corrected chi connectivity index (χ0v) is 23.9. The molecule has 2 aromatic heterocycles. The number of rotatable bonds is 4. The average molecular weight is 558 g/mol. The van der Waals surface area contributed by atoms with Gasteiger partial charge in [0.2, 0.25) is 0 Å². The number of nitrogens with zero attached hydrogens (tertiary/aromatic N) is 2. The molecular formula is C40H30N2O. The summed E-state index contributed by atoms with van der Waals surface area (Å²) < 4.78 is 31.7. The number of furan rings is 1. The predicted octanol–water partition coefficient (Wildman–Crippen LogP) is 10.9. The Bertz CT molecular complexity index is 2390. The summed E-state index contributed by atoms with van der Waals surface area (Å²) in [5, 5.41) is 2.00. The van der Waals surface area contributed by atoms with E-state index in [1.807, 2.05) is 42.5 Å². The molecule has 206 valence electrons. The molecule has 0 aliphatic rings. The monoisotopic (exact) mass is 557 g/mol. The number of aryl methyl sites for hydroxylation is 3. The fraction of sp³-hybridized carbons (Fsp3) is 0.0750. The van der Waals surface area contributed by atoms with Crippen LogP contribution in [0.15, 0.2) is 132 Å². The second-order valence-corrected chi connectivity index (χ2v) is 11.2. The Balaban J connectivity index is 1.29. The van der Waals surface area contributed by atoms with Crippen molar-refractivity contribution in [1.82, 2.24) is 9.55 Å². The minimum atomic E-state index is -2.13. The number of fused-ring (bicyclic) bond motifs is 4. The second-order valence-electron chi connectivity index (χ2n) is 11.2. The van der Waals surface area contributed by atoms with Gasteiger partial charge in [0, 0.05) is 20.4 Å². The van der Waals surface area contributed by atoms with Crippen LogP contribution in [0.1, 0.15) is 20.8 Å². The number of hydrogen-bond acceptors (Lipinski definition) is 2. The summed E-state index contributed by atoms with van der Waals surface area (Å²) in [5.74, 6) is 0.868. The SMILES string of the molecule is [2H]C([2H])([2H])c1ccc(-c2ccc3oc4ccc(-c5nc6ccccc6n5-c5c(C)cc(-c6ccccc6)cc5C)cc4c3c2)cc1. The minimum Gasteiger partial charge on any atom is -0.456 e. The van der Waals surface area contributed by atoms with Crippen LogP contribution in [0, 0.1) is 20.7 Å². The van der Waals surface area contributed by atoms with Gasteiger partial charge in [0.1, 0.15) is 17.0 Å². The molecular weight excluding hydrogens is 524 g/mol. The number of para-hydroxylation sites is 2. The molecule has 0 aliphatic carbocycles. The van der Waals surface area contributed by atoms with Crippen molar-refractivity contribution in [3.05, 3.63) is 144 Å².